The van der Waals surface area contributed by atoms with Crippen molar-refractivity contribution >= 4 is 39.1 Å². The molecular formula is C21H20Cl2N4O3S. The van der Waals surface area contributed by atoms with Crippen LogP contribution in [0.1, 0.15) is 16.2 Å². The molecule has 2 aromatic carbocycles. The number of nitrogens with zero attached hydrogens (tertiary/aromatic N) is 4. The quantitative estimate of drug-likeness (QED) is 0.573. The van der Waals surface area contributed by atoms with Gasteiger partial charge in [-0.25, -0.2) is 13.1 Å². The summed E-state index contributed by atoms with van der Waals surface area (Å²) in [6, 6.07) is 15.9. The Labute approximate surface area is 190 Å². The highest BCUT2D eigenvalue weighted by Crippen LogP contribution is 2.32. The molecule has 1 aromatic heterocycles. The first-order valence-corrected chi connectivity index (χ1v) is 11.8. The Hall–Kier alpha value is -2.39. The normalized spacial score (nSPS) is 15.3. The number of aryl methyl sites for hydroxylation is 1. The molecule has 7 nitrogen and oxygen atoms in total. The number of aromatic nitrogens is 2. The molecule has 0 atom stereocenters. The molecule has 0 N–H and O–H groups in total. The summed E-state index contributed by atoms with van der Waals surface area (Å²) in [5.41, 5.74) is 2.03. The van der Waals surface area contributed by atoms with Crippen LogP contribution in [0.25, 0.3) is 5.69 Å². The minimum Gasteiger partial charge on any atom is -0.335 e. The molecule has 0 unspecified atom stereocenters. The van der Waals surface area contributed by atoms with Crippen molar-refractivity contribution in [2.24, 2.45) is 0 Å². The molecule has 1 fully saturated rings. The molecule has 0 bridgehead atoms. The summed E-state index contributed by atoms with van der Waals surface area (Å²) in [5, 5.41) is 4.61. The fraction of sp³-hybridized carbons (Fsp3) is 0.238. The molecule has 3 aromatic rings. The average Bonchev–Trinajstić information content (AvgIpc) is 3.15. The van der Waals surface area contributed by atoms with Crippen LogP contribution in [0.5, 0.6) is 0 Å². The summed E-state index contributed by atoms with van der Waals surface area (Å²) in [7, 11) is -3.86. The summed E-state index contributed by atoms with van der Waals surface area (Å²) < 4.78 is 29.1. The van der Waals surface area contributed by atoms with E-state index in [0.717, 1.165) is 11.4 Å². The van der Waals surface area contributed by atoms with E-state index in [2.05, 4.69) is 5.10 Å². The molecule has 0 radical (unpaired) electrons. The van der Waals surface area contributed by atoms with E-state index in [-0.39, 0.29) is 47.0 Å². The van der Waals surface area contributed by atoms with Gasteiger partial charge in [0.1, 0.15) is 4.90 Å². The van der Waals surface area contributed by atoms with Gasteiger partial charge in [0.2, 0.25) is 10.0 Å². The van der Waals surface area contributed by atoms with Gasteiger partial charge in [-0.1, -0.05) is 47.5 Å². The van der Waals surface area contributed by atoms with E-state index in [1.165, 1.54) is 16.4 Å². The van der Waals surface area contributed by atoms with Crippen LogP contribution in [0.4, 0.5) is 0 Å². The molecule has 1 aliphatic heterocycles. The minimum absolute atomic E-state index is 0.0768. The largest absolute Gasteiger partial charge is 0.335 e. The standard InChI is InChI=1S/C21H20Cl2N4O3S/c1-15-14-19(24-27(15)16-6-3-2-4-7-16)21(28)25-10-12-26(13-11-25)31(29,30)20-17(22)8-5-9-18(20)23/h2-9,14H,10-13H2,1H3. The number of rotatable bonds is 4. The lowest BCUT2D eigenvalue weighted by Crippen LogP contribution is -2.50. The van der Waals surface area contributed by atoms with Crippen LogP contribution < -0.4 is 0 Å². The second-order valence-corrected chi connectivity index (χ2v) is 9.85. The van der Waals surface area contributed by atoms with Crippen molar-refractivity contribution in [3.63, 3.8) is 0 Å². The Bertz CT molecular complexity index is 1200. The Morgan fingerprint density at radius 1 is 0.935 bits per heavy atom. The van der Waals surface area contributed by atoms with Gasteiger partial charge in [-0.15, -0.1) is 0 Å². The van der Waals surface area contributed by atoms with E-state index < -0.39 is 10.0 Å². The van der Waals surface area contributed by atoms with Crippen LogP contribution in [-0.4, -0.2) is 59.5 Å². The number of benzene rings is 2. The first-order valence-electron chi connectivity index (χ1n) is 9.64. The maximum Gasteiger partial charge on any atom is 0.274 e. The number of hydrogen-bond acceptors (Lipinski definition) is 4. The van der Waals surface area contributed by atoms with E-state index >= 15 is 0 Å². The zero-order valence-electron chi connectivity index (χ0n) is 16.7. The molecule has 1 saturated heterocycles. The van der Waals surface area contributed by atoms with Gasteiger partial charge in [-0.3, -0.25) is 4.79 Å². The second-order valence-electron chi connectivity index (χ2n) is 7.17. The van der Waals surface area contributed by atoms with Crippen molar-refractivity contribution in [1.82, 2.24) is 19.0 Å². The van der Waals surface area contributed by atoms with Crippen LogP contribution in [0, 0.1) is 6.92 Å². The minimum atomic E-state index is -3.86. The molecule has 1 amide bonds. The summed E-state index contributed by atoms with van der Waals surface area (Å²) >= 11 is 12.2. The molecule has 10 heteroatoms. The molecule has 31 heavy (non-hydrogen) atoms. The lowest BCUT2D eigenvalue weighted by Gasteiger charge is -2.33. The molecular weight excluding hydrogens is 459 g/mol. The van der Waals surface area contributed by atoms with Crippen LogP contribution >= 0.6 is 23.2 Å². The Morgan fingerprint density at radius 2 is 1.55 bits per heavy atom. The second kappa shape index (κ2) is 8.63. The zero-order valence-corrected chi connectivity index (χ0v) is 19.0. The van der Waals surface area contributed by atoms with Gasteiger partial charge in [-0.05, 0) is 37.3 Å². The van der Waals surface area contributed by atoms with E-state index in [0.29, 0.717) is 5.69 Å². The number of carbonyl (C=O) groups is 1. The summed E-state index contributed by atoms with van der Waals surface area (Å²) in [6.07, 6.45) is 0. The fourth-order valence-electron chi connectivity index (χ4n) is 3.56. The number of hydrogen-bond donors (Lipinski definition) is 0. The van der Waals surface area contributed by atoms with E-state index in [4.69, 9.17) is 23.2 Å². The highest BCUT2D eigenvalue weighted by atomic mass is 35.5. The van der Waals surface area contributed by atoms with Crippen molar-refractivity contribution < 1.29 is 13.2 Å². The predicted molar refractivity (Wildman–Crippen MR) is 119 cm³/mol. The van der Waals surface area contributed by atoms with Gasteiger partial charge >= 0.3 is 0 Å². The number of para-hydroxylation sites is 1. The average molecular weight is 479 g/mol. The van der Waals surface area contributed by atoms with Crippen LogP contribution in [0.3, 0.4) is 0 Å². The molecule has 2 heterocycles. The van der Waals surface area contributed by atoms with Gasteiger partial charge in [0.25, 0.3) is 5.91 Å². The van der Waals surface area contributed by atoms with Crippen molar-refractivity contribution in [3.8, 4) is 5.69 Å². The SMILES string of the molecule is Cc1cc(C(=O)N2CCN(S(=O)(=O)c3c(Cl)cccc3Cl)CC2)nn1-c1ccccc1. The van der Waals surface area contributed by atoms with Crippen molar-refractivity contribution in [1.29, 1.82) is 0 Å². The van der Waals surface area contributed by atoms with Gasteiger partial charge in [0, 0.05) is 31.9 Å². The third kappa shape index (κ3) is 4.21. The first-order chi connectivity index (χ1) is 14.8. The molecule has 4 rings (SSSR count). The third-order valence-electron chi connectivity index (χ3n) is 5.15. The maximum absolute atomic E-state index is 13.0. The lowest BCUT2D eigenvalue weighted by molar-refractivity contribution is 0.0691. The molecule has 1 aliphatic rings. The van der Waals surface area contributed by atoms with Crippen molar-refractivity contribution in [2.45, 2.75) is 11.8 Å². The molecule has 0 spiro atoms. The first kappa shape index (κ1) is 21.8. The van der Waals surface area contributed by atoms with Gasteiger partial charge < -0.3 is 4.90 Å². The highest BCUT2D eigenvalue weighted by Gasteiger charge is 2.33. The van der Waals surface area contributed by atoms with E-state index in [9.17, 15) is 13.2 Å². The van der Waals surface area contributed by atoms with E-state index in [1.807, 2.05) is 37.3 Å². The molecule has 0 aliphatic carbocycles. The number of carbonyl (C=O) groups excluding carboxylic acids is 1. The predicted octanol–water partition coefficient (Wildman–Crippen LogP) is 3.63. The third-order valence-corrected chi connectivity index (χ3v) is 8.00. The smallest absolute Gasteiger partial charge is 0.274 e. The molecule has 162 valence electrons. The summed E-state index contributed by atoms with van der Waals surface area (Å²) in [5.74, 6) is -0.231. The number of sulfonamides is 1. The fourth-order valence-corrected chi connectivity index (χ4v) is 6.07. The highest BCUT2D eigenvalue weighted by molar-refractivity contribution is 7.89. The Balaban J connectivity index is 1.49. The lowest BCUT2D eigenvalue weighted by atomic mass is 10.3. The maximum atomic E-state index is 13.0. The van der Waals surface area contributed by atoms with Gasteiger partial charge in [0.15, 0.2) is 5.69 Å². The van der Waals surface area contributed by atoms with Gasteiger partial charge in [-0.2, -0.15) is 9.40 Å². The number of amides is 1. The van der Waals surface area contributed by atoms with E-state index in [1.54, 1.807) is 21.7 Å². The van der Waals surface area contributed by atoms with Crippen LogP contribution in [0.15, 0.2) is 59.5 Å². The Kier molecular flexibility index (Phi) is 6.07. The van der Waals surface area contributed by atoms with Crippen molar-refractivity contribution in [2.75, 3.05) is 26.2 Å². The topological polar surface area (TPSA) is 75.5 Å². The number of halogens is 2. The molecule has 0 saturated carbocycles. The zero-order chi connectivity index (χ0) is 22.2. The summed E-state index contributed by atoms with van der Waals surface area (Å²) in [6.45, 7) is 2.67. The number of piperazine rings is 1. The van der Waals surface area contributed by atoms with Crippen LogP contribution in [0.2, 0.25) is 10.0 Å². The van der Waals surface area contributed by atoms with Gasteiger partial charge in [0.05, 0.1) is 15.7 Å². The monoisotopic (exact) mass is 478 g/mol. The Morgan fingerprint density at radius 3 is 2.16 bits per heavy atom. The van der Waals surface area contributed by atoms with Crippen LogP contribution in [-0.2, 0) is 10.0 Å². The summed E-state index contributed by atoms with van der Waals surface area (Å²) in [4.78, 5) is 14.5. The van der Waals surface area contributed by atoms with Crippen molar-refractivity contribution in [3.05, 3.63) is 76.0 Å².